The van der Waals surface area contributed by atoms with Gasteiger partial charge in [-0.2, -0.15) is 0 Å². The van der Waals surface area contributed by atoms with Gasteiger partial charge in [0.1, 0.15) is 9.96 Å². The summed E-state index contributed by atoms with van der Waals surface area (Å²) in [6, 6.07) is 10.1. The van der Waals surface area contributed by atoms with Crippen molar-refractivity contribution in [2.45, 2.75) is 30.0 Å². The molecule has 4 nitrogen and oxygen atoms in total. The number of aryl methyl sites for hydroxylation is 1. The Kier molecular flexibility index (Phi) is 5.43. The van der Waals surface area contributed by atoms with Crippen molar-refractivity contribution in [3.05, 3.63) is 45.7 Å². The minimum atomic E-state index is -3.45. The first-order chi connectivity index (χ1) is 9.87. The van der Waals surface area contributed by atoms with Gasteiger partial charge in [0.25, 0.3) is 0 Å². The molecule has 2 rings (SSSR count). The first kappa shape index (κ1) is 16.5. The van der Waals surface area contributed by atoms with E-state index in [2.05, 4.69) is 20.7 Å². The molecule has 0 aliphatic heterocycles. The predicted molar refractivity (Wildman–Crippen MR) is 88.2 cm³/mol. The number of sulfonamides is 1. The van der Waals surface area contributed by atoms with E-state index < -0.39 is 10.0 Å². The highest BCUT2D eigenvalue weighted by Crippen LogP contribution is 2.26. The van der Waals surface area contributed by atoms with Crippen LogP contribution in [0.2, 0.25) is 0 Å². The van der Waals surface area contributed by atoms with Gasteiger partial charge in [-0.3, -0.25) is 0 Å². The van der Waals surface area contributed by atoms with Crippen LogP contribution in [0.5, 0.6) is 5.75 Å². The number of hydrogen-bond acceptors (Lipinski definition) is 4. The van der Waals surface area contributed by atoms with Crippen molar-refractivity contribution in [1.82, 2.24) is 4.72 Å². The number of rotatable bonds is 6. The Morgan fingerprint density at radius 1 is 1.24 bits per heavy atom. The van der Waals surface area contributed by atoms with Crippen molar-refractivity contribution in [2.75, 3.05) is 0 Å². The molecule has 0 saturated heterocycles. The summed E-state index contributed by atoms with van der Waals surface area (Å²) in [6.45, 7) is 1.85. The maximum atomic E-state index is 12.2. The molecule has 0 fully saturated rings. The number of phenolic OH excluding ortho intramolecular Hbond substituents is 1. The molecule has 0 aliphatic rings. The third kappa shape index (κ3) is 4.81. The monoisotopic (exact) mass is 389 g/mol. The fourth-order valence-electron chi connectivity index (χ4n) is 1.87. The van der Waals surface area contributed by atoms with Crippen molar-refractivity contribution in [3.8, 4) is 5.75 Å². The molecule has 0 radical (unpaired) electrons. The fourth-order valence-corrected chi connectivity index (χ4v) is 5.17. The summed E-state index contributed by atoms with van der Waals surface area (Å²) in [6.07, 6.45) is 1.44. The van der Waals surface area contributed by atoms with E-state index >= 15 is 0 Å². The van der Waals surface area contributed by atoms with Crippen LogP contribution < -0.4 is 4.72 Å². The van der Waals surface area contributed by atoms with Crippen molar-refractivity contribution < 1.29 is 13.5 Å². The van der Waals surface area contributed by atoms with Gasteiger partial charge in [-0.25, -0.2) is 13.1 Å². The maximum Gasteiger partial charge on any atom is 0.250 e. The molecule has 114 valence electrons. The number of hydrogen-bond donors (Lipinski definition) is 2. The topological polar surface area (TPSA) is 66.4 Å². The second kappa shape index (κ2) is 6.91. The van der Waals surface area contributed by atoms with E-state index in [9.17, 15) is 13.5 Å². The largest absolute Gasteiger partial charge is 0.508 e. The minimum absolute atomic E-state index is 0.162. The number of halogens is 1. The Labute approximate surface area is 137 Å². The van der Waals surface area contributed by atoms with Crippen LogP contribution in [0.1, 0.15) is 18.9 Å². The first-order valence-electron chi connectivity index (χ1n) is 6.42. The Bertz CT molecular complexity index is 695. The van der Waals surface area contributed by atoms with Gasteiger partial charge < -0.3 is 5.11 Å². The summed E-state index contributed by atoms with van der Waals surface area (Å²) in [7, 11) is -3.45. The lowest BCUT2D eigenvalue weighted by Crippen LogP contribution is -2.32. The van der Waals surface area contributed by atoms with Gasteiger partial charge >= 0.3 is 0 Å². The molecular weight excluding hydrogens is 374 g/mol. The highest BCUT2D eigenvalue weighted by Gasteiger charge is 2.19. The molecule has 21 heavy (non-hydrogen) atoms. The second-order valence-electron chi connectivity index (χ2n) is 4.79. The quantitative estimate of drug-likeness (QED) is 0.793. The number of nitrogens with one attached hydrogen (secondary N) is 1. The summed E-state index contributed by atoms with van der Waals surface area (Å²) in [5, 5.41) is 9.22. The lowest BCUT2D eigenvalue weighted by Gasteiger charge is -2.13. The highest BCUT2D eigenvalue weighted by molar-refractivity contribution is 9.11. The Balaban J connectivity index is 1.92. The van der Waals surface area contributed by atoms with E-state index in [4.69, 9.17) is 0 Å². The van der Waals surface area contributed by atoms with Crippen molar-refractivity contribution in [1.29, 1.82) is 0 Å². The highest BCUT2D eigenvalue weighted by atomic mass is 79.9. The number of thiophene rings is 1. The van der Waals surface area contributed by atoms with Gasteiger partial charge in [0.2, 0.25) is 10.0 Å². The zero-order chi connectivity index (χ0) is 15.5. The lowest BCUT2D eigenvalue weighted by atomic mass is 10.1. The summed E-state index contributed by atoms with van der Waals surface area (Å²) in [5.74, 6) is 0.232. The van der Waals surface area contributed by atoms with Gasteiger partial charge in [0, 0.05) is 6.04 Å². The molecule has 1 atom stereocenters. The molecule has 0 aliphatic carbocycles. The Morgan fingerprint density at radius 3 is 2.48 bits per heavy atom. The van der Waals surface area contributed by atoms with Crippen LogP contribution in [0.4, 0.5) is 0 Å². The average Bonchev–Trinajstić information content (AvgIpc) is 2.85. The molecule has 0 bridgehead atoms. The average molecular weight is 390 g/mol. The van der Waals surface area contributed by atoms with E-state index in [-0.39, 0.29) is 11.8 Å². The van der Waals surface area contributed by atoms with Gasteiger partial charge in [-0.05, 0) is 65.5 Å². The molecule has 0 amide bonds. The molecule has 1 aromatic carbocycles. The van der Waals surface area contributed by atoms with Crippen LogP contribution in [0.3, 0.4) is 0 Å². The third-order valence-corrected chi connectivity index (χ3v) is 6.68. The maximum absolute atomic E-state index is 12.2. The molecule has 1 heterocycles. The number of phenols is 1. The molecule has 7 heteroatoms. The van der Waals surface area contributed by atoms with Crippen molar-refractivity contribution >= 4 is 37.3 Å². The summed E-state index contributed by atoms with van der Waals surface area (Å²) >= 11 is 4.45. The third-order valence-electron chi connectivity index (χ3n) is 2.97. The standard InChI is InChI=1S/C14H16BrNO3S2/c1-10(2-3-11-4-6-12(17)7-5-11)16-21(18,19)14-9-8-13(15)20-14/h4-10,16-17H,2-3H2,1H3. The summed E-state index contributed by atoms with van der Waals surface area (Å²) in [5.41, 5.74) is 1.07. The lowest BCUT2D eigenvalue weighted by molar-refractivity contribution is 0.475. The van der Waals surface area contributed by atoms with Crippen LogP contribution in [-0.4, -0.2) is 19.6 Å². The van der Waals surface area contributed by atoms with E-state index in [0.29, 0.717) is 10.6 Å². The zero-order valence-electron chi connectivity index (χ0n) is 11.4. The zero-order valence-corrected chi connectivity index (χ0v) is 14.6. The SMILES string of the molecule is CC(CCc1ccc(O)cc1)NS(=O)(=O)c1ccc(Br)s1. The molecule has 1 aromatic heterocycles. The van der Waals surface area contributed by atoms with Crippen molar-refractivity contribution in [3.63, 3.8) is 0 Å². The number of aromatic hydroxyl groups is 1. The van der Waals surface area contributed by atoms with Crippen LogP contribution in [-0.2, 0) is 16.4 Å². The predicted octanol–water partition coefficient (Wildman–Crippen LogP) is 3.52. The second-order valence-corrected chi connectivity index (χ2v) is 9.19. The van der Waals surface area contributed by atoms with E-state index in [1.165, 1.54) is 11.3 Å². The normalized spacial score (nSPS) is 13.2. The first-order valence-corrected chi connectivity index (χ1v) is 9.51. The van der Waals surface area contributed by atoms with Crippen LogP contribution in [0.15, 0.2) is 44.4 Å². The molecular formula is C14H16BrNO3S2. The van der Waals surface area contributed by atoms with Crippen molar-refractivity contribution in [2.24, 2.45) is 0 Å². The van der Waals surface area contributed by atoms with Gasteiger partial charge in [-0.15, -0.1) is 11.3 Å². The van der Waals surface area contributed by atoms with Crippen LogP contribution in [0.25, 0.3) is 0 Å². The smallest absolute Gasteiger partial charge is 0.250 e. The van der Waals surface area contributed by atoms with Crippen LogP contribution >= 0.6 is 27.3 Å². The Morgan fingerprint density at radius 2 is 1.90 bits per heavy atom. The summed E-state index contributed by atoms with van der Waals surface area (Å²) < 4.78 is 28.1. The number of benzene rings is 1. The van der Waals surface area contributed by atoms with Gasteiger partial charge in [0.05, 0.1) is 3.79 Å². The van der Waals surface area contributed by atoms with E-state index in [1.807, 2.05) is 19.1 Å². The minimum Gasteiger partial charge on any atom is -0.508 e. The molecule has 0 saturated carbocycles. The fraction of sp³-hybridized carbons (Fsp3) is 0.286. The molecule has 1 unspecified atom stereocenters. The Hall–Kier alpha value is -0.890. The van der Waals surface area contributed by atoms with Crippen LogP contribution in [0, 0.1) is 0 Å². The molecule has 2 aromatic rings. The van der Waals surface area contributed by atoms with Gasteiger partial charge in [-0.1, -0.05) is 12.1 Å². The molecule has 2 N–H and O–H groups in total. The van der Waals surface area contributed by atoms with E-state index in [1.54, 1.807) is 24.3 Å². The van der Waals surface area contributed by atoms with E-state index in [0.717, 1.165) is 15.8 Å². The summed E-state index contributed by atoms with van der Waals surface area (Å²) in [4.78, 5) is 0. The molecule has 0 spiro atoms. The van der Waals surface area contributed by atoms with Gasteiger partial charge in [0.15, 0.2) is 0 Å².